The molecule has 2 aromatic carbocycles. The molecule has 15 heteroatoms. The second-order valence-electron chi connectivity index (χ2n) is 11.4. The lowest BCUT2D eigenvalue weighted by molar-refractivity contribution is -0.274. The average Bonchev–Trinajstić information content (AvgIpc) is 3.53. The molecule has 1 saturated carbocycles. The number of ether oxygens (including phenoxy) is 1. The molecule has 4 N–H and O–H groups in total. The molecule has 0 bridgehead atoms. The first-order valence-electron chi connectivity index (χ1n) is 14.2. The van der Waals surface area contributed by atoms with Gasteiger partial charge in [-0.3, -0.25) is 13.9 Å². The molecular formula is C29H32F3N5O6S. The zero-order valence-electron chi connectivity index (χ0n) is 23.8. The Morgan fingerprint density at radius 3 is 2.73 bits per heavy atom. The fourth-order valence-corrected chi connectivity index (χ4v) is 7.67. The average molecular weight is 636 g/mol. The Morgan fingerprint density at radius 2 is 2.02 bits per heavy atom. The van der Waals surface area contributed by atoms with Crippen molar-refractivity contribution in [3.8, 4) is 16.9 Å². The van der Waals surface area contributed by atoms with E-state index in [2.05, 4.69) is 25.5 Å². The number of aryl methyl sites for hydroxylation is 1. The molecule has 3 aliphatic rings. The SMILES string of the molecule is Cc1noc([C@@H]2C[C@H]2C(=O)NCc2ccc(-c3cccc(OC(F)(F)F)c3)c3c2CN(C(=O)NC2CCS(O)(O)C2)CC3)n1. The molecule has 1 unspecified atom stereocenters. The molecule has 3 atom stereocenters. The zero-order chi connectivity index (χ0) is 31.2. The minimum atomic E-state index is -4.83. The number of nitrogens with one attached hydrogen (secondary N) is 2. The highest BCUT2D eigenvalue weighted by Gasteiger charge is 2.47. The van der Waals surface area contributed by atoms with Gasteiger partial charge in [0, 0.05) is 31.4 Å². The lowest BCUT2D eigenvalue weighted by Crippen LogP contribution is -2.47. The Hall–Kier alpha value is -3.82. The molecule has 1 aromatic heterocycles. The van der Waals surface area contributed by atoms with E-state index in [9.17, 15) is 31.9 Å². The fourth-order valence-electron chi connectivity index (χ4n) is 5.95. The summed E-state index contributed by atoms with van der Waals surface area (Å²) in [6.07, 6.45) is -3.34. The maximum absolute atomic E-state index is 13.2. The van der Waals surface area contributed by atoms with Gasteiger partial charge in [0.2, 0.25) is 11.8 Å². The third-order valence-corrected chi connectivity index (χ3v) is 10.0. The predicted octanol–water partition coefficient (Wildman–Crippen LogP) is 4.95. The highest BCUT2D eigenvalue weighted by atomic mass is 32.3. The number of fused-ring (bicyclic) bond motifs is 1. The largest absolute Gasteiger partial charge is 0.573 e. The summed E-state index contributed by atoms with van der Waals surface area (Å²) in [5, 5.41) is 9.67. The summed E-state index contributed by atoms with van der Waals surface area (Å²) < 4.78 is 68.0. The fraction of sp³-hybridized carbons (Fsp3) is 0.448. The molecule has 2 fully saturated rings. The molecule has 11 nitrogen and oxygen atoms in total. The van der Waals surface area contributed by atoms with Gasteiger partial charge in [-0.2, -0.15) is 15.6 Å². The number of halogens is 3. The van der Waals surface area contributed by atoms with Crippen LogP contribution in [0.4, 0.5) is 18.0 Å². The normalized spacial score (nSPS) is 23.0. The van der Waals surface area contributed by atoms with Crippen molar-refractivity contribution in [3.63, 3.8) is 0 Å². The molecule has 44 heavy (non-hydrogen) atoms. The second kappa shape index (κ2) is 11.6. The van der Waals surface area contributed by atoms with Gasteiger partial charge in [-0.1, -0.05) is 29.4 Å². The van der Waals surface area contributed by atoms with Gasteiger partial charge in [0.25, 0.3) is 0 Å². The maximum atomic E-state index is 13.2. The third kappa shape index (κ3) is 6.79. The van der Waals surface area contributed by atoms with Crippen LogP contribution in [0.1, 0.15) is 47.2 Å². The number of amides is 3. The van der Waals surface area contributed by atoms with E-state index in [0.29, 0.717) is 48.6 Å². The van der Waals surface area contributed by atoms with E-state index in [1.807, 2.05) is 12.1 Å². The molecule has 1 aliphatic carbocycles. The van der Waals surface area contributed by atoms with Crippen LogP contribution in [-0.4, -0.2) is 66.5 Å². The van der Waals surface area contributed by atoms with E-state index < -0.39 is 17.0 Å². The van der Waals surface area contributed by atoms with Crippen molar-refractivity contribution in [3.05, 3.63) is 64.8 Å². The van der Waals surface area contributed by atoms with Crippen molar-refractivity contribution in [1.29, 1.82) is 0 Å². The van der Waals surface area contributed by atoms with Gasteiger partial charge < -0.3 is 24.8 Å². The highest BCUT2D eigenvalue weighted by Crippen LogP contribution is 2.47. The van der Waals surface area contributed by atoms with Crippen molar-refractivity contribution in [2.24, 2.45) is 5.92 Å². The van der Waals surface area contributed by atoms with E-state index in [1.165, 1.54) is 18.2 Å². The Kier molecular flexibility index (Phi) is 7.96. The number of urea groups is 1. The summed E-state index contributed by atoms with van der Waals surface area (Å²) in [6, 6.07) is 8.69. The zero-order valence-corrected chi connectivity index (χ0v) is 24.6. The smallest absolute Gasteiger partial charge is 0.406 e. The first-order chi connectivity index (χ1) is 20.8. The second-order valence-corrected chi connectivity index (χ2v) is 13.8. The van der Waals surface area contributed by atoms with Crippen LogP contribution in [0.15, 0.2) is 40.9 Å². The van der Waals surface area contributed by atoms with E-state index in [4.69, 9.17) is 4.52 Å². The van der Waals surface area contributed by atoms with Gasteiger partial charge in [0.05, 0.1) is 17.6 Å². The van der Waals surface area contributed by atoms with Crippen LogP contribution in [0.3, 0.4) is 0 Å². The minimum absolute atomic E-state index is 0.117. The van der Waals surface area contributed by atoms with Gasteiger partial charge in [-0.25, -0.2) is 4.79 Å². The van der Waals surface area contributed by atoms with Crippen molar-refractivity contribution in [1.82, 2.24) is 25.7 Å². The number of hydrogen-bond acceptors (Lipinski definition) is 8. The van der Waals surface area contributed by atoms with Crippen molar-refractivity contribution in [2.45, 2.75) is 57.6 Å². The molecule has 1 saturated heterocycles. The van der Waals surface area contributed by atoms with Gasteiger partial charge in [-0.05, 0) is 66.1 Å². The summed E-state index contributed by atoms with van der Waals surface area (Å²) in [7, 11) is -2.68. The summed E-state index contributed by atoms with van der Waals surface area (Å²) in [5.74, 6) is 0.385. The summed E-state index contributed by atoms with van der Waals surface area (Å²) in [6.45, 7) is 2.44. The van der Waals surface area contributed by atoms with Gasteiger partial charge in [0.1, 0.15) is 5.75 Å². The monoisotopic (exact) mass is 635 g/mol. The molecule has 0 radical (unpaired) electrons. The van der Waals surface area contributed by atoms with Crippen molar-refractivity contribution in [2.75, 3.05) is 18.1 Å². The first kappa shape index (κ1) is 30.2. The molecule has 3 aromatic rings. The van der Waals surface area contributed by atoms with E-state index in [-0.39, 0.29) is 60.2 Å². The van der Waals surface area contributed by atoms with Crippen LogP contribution in [0.2, 0.25) is 0 Å². The number of alkyl halides is 3. The number of rotatable bonds is 7. The van der Waals surface area contributed by atoms with Crippen LogP contribution in [0.25, 0.3) is 11.1 Å². The van der Waals surface area contributed by atoms with Crippen molar-refractivity contribution < 1.29 is 41.1 Å². The number of aromatic nitrogens is 2. The van der Waals surface area contributed by atoms with Gasteiger partial charge in [0.15, 0.2) is 5.82 Å². The van der Waals surface area contributed by atoms with Gasteiger partial charge in [-0.15, -0.1) is 13.2 Å². The summed E-state index contributed by atoms with van der Waals surface area (Å²) >= 11 is 0. The van der Waals surface area contributed by atoms with Crippen LogP contribution >= 0.6 is 10.6 Å². The molecule has 2 aliphatic heterocycles. The van der Waals surface area contributed by atoms with Crippen LogP contribution in [0, 0.1) is 12.8 Å². The molecule has 236 valence electrons. The standard InChI is InChI=1S/C29H32F3N5O6S/c1-16-34-27(43-36-16)24-12-23(24)26(38)33-13-18-5-6-21(17-3-2-4-20(11-17)42-29(30,31)32)22-7-9-37(14-25(18)22)28(39)35-19-8-10-44(40,41)15-19/h2-6,11,19,23-24,40-41H,7-10,12-15H2,1H3,(H,33,38)(H,35,39)/t19?,23-,24-/m1/s1. The van der Waals surface area contributed by atoms with Crippen LogP contribution in [-0.2, 0) is 24.3 Å². The highest BCUT2D eigenvalue weighted by molar-refractivity contribution is 8.24. The topological polar surface area (TPSA) is 150 Å². The molecule has 3 heterocycles. The Balaban J connectivity index is 1.23. The summed E-state index contributed by atoms with van der Waals surface area (Å²) in [4.78, 5) is 32.0. The van der Waals surface area contributed by atoms with Crippen LogP contribution in [0.5, 0.6) is 5.75 Å². The first-order valence-corrected chi connectivity index (χ1v) is 16.1. The maximum Gasteiger partial charge on any atom is 0.573 e. The Morgan fingerprint density at radius 1 is 1.20 bits per heavy atom. The molecule has 3 amide bonds. The van der Waals surface area contributed by atoms with E-state index >= 15 is 0 Å². The quantitative estimate of drug-likeness (QED) is 0.285. The third-order valence-electron chi connectivity index (χ3n) is 8.20. The molecular weight excluding hydrogens is 603 g/mol. The van der Waals surface area contributed by atoms with Crippen molar-refractivity contribution >= 4 is 22.5 Å². The molecule has 6 rings (SSSR count). The minimum Gasteiger partial charge on any atom is -0.406 e. The number of benzene rings is 2. The van der Waals surface area contributed by atoms with E-state index in [1.54, 1.807) is 17.9 Å². The number of carbonyl (C=O) groups is 2. The lowest BCUT2D eigenvalue weighted by atomic mass is 9.87. The number of nitrogens with zero attached hydrogens (tertiary/aromatic N) is 3. The van der Waals surface area contributed by atoms with Gasteiger partial charge >= 0.3 is 12.4 Å². The summed E-state index contributed by atoms with van der Waals surface area (Å²) in [5.41, 5.74) is 3.68. The lowest BCUT2D eigenvalue weighted by Gasteiger charge is -2.33. The van der Waals surface area contributed by atoms with Crippen LogP contribution < -0.4 is 15.4 Å². The van der Waals surface area contributed by atoms with E-state index in [0.717, 1.165) is 16.7 Å². The Bertz CT molecular complexity index is 1580. The number of carbonyl (C=O) groups excluding carboxylic acids is 2. The number of hydrogen-bond donors (Lipinski definition) is 4. The Labute approximate surface area is 252 Å². The molecule has 0 spiro atoms. The predicted molar refractivity (Wildman–Crippen MR) is 154 cm³/mol.